The van der Waals surface area contributed by atoms with Crippen molar-refractivity contribution in [2.24, 2.45) is 11.8 Å². The number of halogens is 1. The predicted octanol–water partition coefficient (Wildman–Crippen LogP) is 3.50. The molecule has 0 bridgehead atoms. The lowest BCUT2D eigenvalue weighted by Gasteiger charge is -2.36. The van der Waals surface area contributed by atoms with Crippen LogP contribution in [0.25, 0.3) is 0 Å². The van der Waals surface area contributed by atoms with Gasteiger partial charge in [-0.25, -0.2) is 4.90 Å². The molecule has 0 saturated carbocycles. The third-order valence-corrected chi connectivity index (χ3v) is 8.26. The molecule has 158 valence electrons. The Kier molecular flexibility index (Phi) is 3.88. The van der Waals surface area contributed by atoms with Crippen molar-refractivity contribution in [2.45, 2.75) is 38.3 Å². The summed E-state index contributed by atoms with van der Waals surface area (Å²) in [5.41, 5.74) is 3.19. The standard InChI is InChI=1S/C24H22BrN3O3/c1-12-8-9-16-20(13(12)2)26-23(31)24(16)19-18(17-7-4-10-27(17)24)21(29)28(22(19)30)15-6-3-5-14(25)11-15/h3,5-6,8-9,11,17-19H,4,7,10H2,1-2H3,(H,26,31)/t17-,18+,19-,24+/m0/s1. The molecule has 3 amide bonds. The Labute approximate surface area is 188 Å². The Morgan fingerprint density at radius 3 is 2.68 bits per heavy atom. The molecule has 31 heavy (non-hydrogen) atoms. The summed E-state index contributed by atoms with van der Waals surface area (Å²) < 4.78 is 0.801. The molecule has 4 aliphatic rings. The number of hydrogen-bond donors (Lipinski definition) is 1. The molecule has 6 rings (SSSR count). The van der Waals surface area contributed by atoms with E-state index < -0.39 is 17.4 Å². The van der Waals surface area contributed by atoms with E-state index >= 15 is 0 Å². The molecule has 4 aliphatic heterocycles. The van der Waals surface area contributed by atoms with Gasteiger partial charge in [0.2, 0.25) is 17.7 Å². The van der Waals surface area contributed by atoms with Gasteiger partial charge in [0.1, 0.15) is 5.54 Å². The molecule has 7 heteroatoms. The third-order valence-electron chi connectivity index (χ3n) is 7.77. The van der Waals surface area contributed by atoms with Crippen LogP contribution in [-0.4, -0.2) is 35.2 Å². The number of nitrogens with zero attached hydrogens (tertiary/aromatic N) is 2. The van der Waals surface area contributed by atoms with Gasteiger partial charge in [0.15, 0.2) is 0 Å². The molecule has 2 aromatic rings. The number of anilines is 2. The molecule has 1 spiro atoms. The fourth-order valence-electron chi connectivity index (χ4n) is 6.39. The number of nitrogens with one attached hydrogen (secondary N) is 1. The van der Waals surface area contributed by atoms with Crippen LogP contribution >= 0.6 is 15.9 Å². The molecular weight excluding hydrogens is 458 g/mol. The fraction of sp³-hybridized carbons (Fsp3) is 0.375. The average Bonchev–Trinajstić information content (AvgIpc) is 3.43. The molecule has 4 atom stereocenters. The number of amides is 3. The largest absolute Gasteiger partial charge is 0.324 e. The maximum Gasteiger partial charge on any atom is 0.250 e. The van der Waals surface area contributed by atoms with Crippen molar-refractivity contribution in [3.05, 3.63) is 57.6 Å². The maximum absolute atomic E-state index is 13.9. The molecule has 0 radical (unpaired) electrons. The van der Waals surface area contributed by atoms with Gasteiger partial charge in [0.05, 0.1) is 17.5 Å². The lowest BCUT2D eigenvalue weighted by molar-refractivity contribution is -0.135. The van der Waals surface area contributed by atoms with Crippen LogP contribution in [0.2, 0.25) is 0 Å². The zero-order valence-corrected chi connectivity index (χ0v) is 18.9. The summed E-state index contributed by atoms with van der Waals surface area (Å²) in [6.45, 7) is 4.73. The van der Waals surface area contributed by atoms with E-state index in [2.05, 4.69) is 26.1 Å². The molecule has 0 aromatic heterocycles. The van der Waals surface area contributed by atoms with Gasteiger partial charge in [-0.05, 0) is 62.6 Å². The third kappa shape index (κ3) is 2.18. The smallest absolute Gasteiger partial charge is 0.250 e. The zero-order chi connectivity index (χ0) is 21.7. The summed E-state index contributed by atoms with van der Waals surface area (Å²) in [4.78, 5) is 44.7. The van der Waals surface area contributed by atoms with Crippen molar-refractivity contribution in [1.29, 1.82) is 0 Å². The molecule has 3 saturated heterocycles. The van der Waals surface area contributed by atoms with Gasteiger partial charge in [-0.3, -0.25) is 19.3 Å². The molecular formula is C24H22BrN3O3. The molecule has 0 aliphatic carbocycles. The van der Waals surface area contributed by atoms with E-state index in [9.17, 15) is 14.4 Å². The number of rotatable bonds is 1. The lowest BCUT2D eigenvalue weighted by atomic mass is 9.75. The summed E-state index contributed by atoms with van der Waals surface area (Å²) >= 11 is 3.44. The number of benzene rings is 2. The second-order valence-corrected chi connectivity index (χ2v) is 9.96. The highest BCUT2D eigenvalue weighted by atomic mass is 79.9. The highest BCUT2D eigenvalue weighted by Crippen LogP contribution is 2.61. The Morgan fingerprint density at radius 1 is 1.10 bits per heavy atom. The van der Waals surface area contributed by atoms with E-state index in [0.717, 1.165) is 46.2 Å². The van der Waals surface area contributed by atoms with Crippen LogP contribution in [0.1, 0.15) is 29.5 Å². The van der Waals surface area contributed by atoms with Gasteiger partial charge in [0, 0.05) is 21.8 Å². The van der Waals surface area contributed by atoms with Crippen LogP contribution < -0.4 is 10.2 Å². The van der Waals surface area contributed by atoms with Gasteiger partial charge in [-0.1, -0.05) is 34.1 Å². The second-order valence-electron chi connectivity index (χ2n) is 9.05. The van der Waals surface area contributed by atoms with Gasteiger partial charge >= 0.3 is 0 Å². The summed E-state index contributed by atoms with van der Waals surface area (Å²) in [7, 11) is 0. The average molecular weight is 480 g/mol. The lowest BCUT2D eigenvalue weighted by Crippen LogP contribution is -2.54. The van der Waals surface area contributed by atoms with Gasteiger partial charge < -0.3 is 5.32 Å². The van der Waals surface area contributed by atoms with E-state index in [4.69, 9.17) is 0 Å². The Balaban J connectivity index is 1.57. The van der Waals surface area contributed by atoms with Crippen molar-refractivity contribution in [1.82, 2.24) is 4.90 Å². The van der Waals surface area contributed by atoms with Gasteiger partial charge in [-0.2, -0.15) is 0 Å². The molecule has 2 aromatic carbocycles. The number of aryl methyl sites for hydroxylation is 1. The number of hydrogen-bond acceptors (Lipinski definition) is 4. The monoisotopic (exact) mass is 479 g/mol. The van der Waals surface area contributed by atoms with Crippen molar-refractivity contribution in [3.8, 4) is 0 Å². The number of carbonyl (C=O) groups is 3. The number of imide groups is 1. The van der Waals surface area contributed by atoms with Crippen LogP contribution in [0.3, 0.4) is 0 Å². The highest BCUT2D eigenvalue weighted by molar-refractivity contribution is 9.10. The molecule has 3 fully saturated rings. The Bertz CT molecular complexity index is 1190. The van der Waals surface area contributed by atoms with E-state index in [1.54, 1.807) is 12.1 Å². The SMILES string of the molecule is Cc1ccc2c(c1C)NC(=O)[C@]21[C@@H]2C(=O)N(c3cccc(Br)c3)C(=O)[C@@H]2[C@@H]2CCCN21. The van der Waals surface area contributed by atoms with Crippen LogP contribution in [0.15, 0.2) is 40.9 Å². The van der Waals surface area contributed by atoms with E-state index in [-0.39, 0.29) is 23.8 Å². The summed E-state index contributed by atoms with van der Waals surface area (Å²) in [6, 6.07) is 11.1. The summed E-state index contributed by atoms with van der Waals surface area (Å²) in [5.74, 6) is -1.86. The van der Waals surface area contributed by atoms with Crippen LogP contribution in [0.5, 0.6) is 0 Å². The molecule has 6 nitrogen and oxygen atoms in total. The van der Waals surface area contributed by atoms with Crippen LogP contribution in [0, 0.1) is 25.7 Å². The zero-order valence-electron chi connectivity index (χ0n) is 17.3. The Morgan fingerprint density at radius 2 is 1.90 bits per heavy atom. The number of carbonyl (C=O) groups excluding carboxylic acids is 3. The normalized spacial score (nSPS) is 31.4. The van der Waals surface area contributed by atoms with Crippen LogP contribution in [-0.2, 0) is 19.9 Å². The van der Waals surface area contributed by atoms with E-state index in [1.807, 2.05) is 38.1 Å². The van der Waals surface area contributed by atoms with Crippen molar-refractivity contribution in [2.75, 3.05) is 16.8 Å². The summed E-state index contributed by atoms with van der Waals surface area (Å²) in [5, 5.41) is 3.09. The van der Waals surface area contributed by atoms with Crippen molar-refractivity contribution >= 4 is 45.0 Å². The minimum absolute atomic E-state index is 0.100. The number of fused-ring (bicyclic) bond motifs is 7. The predicted molar refractivity (Wildman–Crippen MR) is 120 cm³/mol. The second kappa shape index (κ2) is 6.26. The van der Waals surface area contributed by atoms with Gasteiger partial charge in [0.25, 0.3) is 0 Å². The van der Waals surface area contributed by atoms with Crippen molar-refractivity contribution < 1.29 is 14.4 Å². The van der Waals surface area contributed by atoms with E-state index in [0.29, 0.717) is 5.69 Å². The van der Waals surface area contributed by atoms with E-state index in [1.165, 1.54) is 4.90 Å². The van der Waals surface area contributed by atoms with Crippen LogP contribution in [0.4, 0.5) is 11.4 Å². The van der Waals surface area contributed by atoms with Crippen molar-refractivity contribution in [3.63, 3.8) is 0 Å². The summed E-state index contributed by atoms with van der Waals surface area (Å²) in [6.07, 6.45) is 1.74. The molecule has 1 N–H and O–H groups in total. The minimum Gasteiger partial charge on any atom is -0.324 e. The fourth-order valence-corrected chi connectivity index (χ4v) is 6.78. The topological polar surface area (TPSA) is 69.7 Å². The first-order valence-electron chi connectivity index (χ1n) is 10.7. The Hall–Kier alpha value is -2.51. The first-order valence-corrected chi connectivity index (χ1v) is 11.5. The molecule has 0 unspecified atom stereocenters. The van der Waals surface area contributed by atoms with Gasteiger partial charge in [-0.15, -0.1) is 0 Å². The maximum atomic E-state index is 13.9. The minimum atomic E-state index is -1.12. The first-order chi connectivity index (χ1) is 14.9. The quantitative estimate of drug-likeness (QED) is 0.635. The first kappa shape index (κ1) is 19.2. The highest BCUT2D eigenvalue weighted by Gasteiger charge is 2.74. The molecule has 4 heterocycles.